The third-order valence-electron chi connectivity index (χ3n) is 6.60. The van der Waals surface area contributed by atoms with Crippen LogP contribution in [0.2, 0.25) is 0 Å². The second-order valence-corrected chi connectivity index (χ2v) is 9.76. The predicted octanol–water partition coefficient (Wildman–Crippen LogP) is 1.31. The molecule has 0 saturated carbocycles. The van der Waals surface area contributed by atoms with E-state index >= 15 is 0 Å². The average Bonchev–Trinajstić information content (AvgIpc) is 3.44. The normalized spacial score (nSPS) is 17.7. The molecule has 0 radical (unpaired) electrons. The molecule has 3 rings (SSSR count). The molecule has 39 heavy (non-hydrogen) atoms. The number of likely N-dealkylation sites (tertiary alicyclic amines) is 1. The minimum atomic E-state index is -2.27. The number of nitrogens with one attached hydrogen (secondary N) is 1. The van der Waals surface area contributed by atoms with Crippen molar-refractivity contribution in [3.63, 3.8) is 0 Å². The molecule has 2 aliphatic heterocycles. The third-order valence-corrected chi connectivity index (χ3v) is 6.60. The summed E-state index contributed by atoms with van der Waals surface area (Å²) in [7, 11) is 0. The Morgan fingerprint density at radius 2 is 1.49 bits per heavy atom. The minimum Gasteiger partial charge on any atom is -0.486 e. The van der Waals surface area contributed by atoms with Crippen LogP contribution in [0.25, 0.3) is 0 Å². The maximum absolute atomic E-state index is 12.5. The first-order valence-electron chi connectivity index (χ1n) is 13.5. The Morgan fingerprint density at radius 1 is 0.897 bits per heavy atom. The van der Waals surface area contributed by atoms with Gasteiger partial charge < -0.3 is 45.2 Å². The molecule has 12 nitrogen and oxygen atoms in total. The number of carboxylic acids is 2. The van der Waals surface area contributed by atoms with Crippen molar-refractivity contribution in [2.24, 2.45) is 0 Å². The van der Waals surface area contributed by atoms with Gasteiger partial charge in [0.15, 0.2) is 23.7 Å². The number of ether oxygens (including phenoxy) is 2. The monoisotopic (exact) mass is 554 g/mol. The van der Waals surface area contributed by atoms with Crippen LogP contribution < -0.4 is 14.8 Å². The molecule has 6 N–H and O–H groups in total. The van der Waals surface area contributed by atoms with Crippen LogP contribution in [0.1, 0.15) is 70.0 Å². The summed E-state index contributed by atoms with van der Waals surface area (Å²) in [6.07, 6.45) is 3.16. The van der Waals surface area contributed by atoms with Crippen LogP contribution in [0.4, 0.5) is 0 Å². The molecular weight excluding hydrogens is 512 g/mol. The maximum atomic E-state index is 12.5. The molecule has 2 heterocycles. The van der Waals surface area contributed by atoms with Gasteiger partial charge in [-0.05, 0) is 50.0 Å². The number of unbranched alkanes of at least 4 members (excludes halogenated alkanes) is 4. The Bertz CT molecular complexity index is 904. The third kappa shape index (κ3) is 11.0. The summed E-state index contributed by atoms with van der Waals surface area (Å²) in [4.78, 5) is 34.4. The van der Waals surface area contributed by atoms with Crippen LogP contribution in [0.3, 0.4) is 0 Å². The van der Waals surface area contributed by atoms with E-state index in [-0.39, 0.29) is 11.9 Å². The number of aliphatic hydroxyl groups excluding tert-OH is 3. The number of hydrogen-bond acceptors (Lipinski definition) is 9. The molecule has 0 unspecified atom stereocenters. The lowest BCUT2D eigenvalue weighted by Gasteiger charge is -2.29. The van der Waals surface area contributed by atoms with E-state index in [2.05, 4.69) is 17.1 Å². The van der Waals surface area contributed by atoms with Crippen molar-refractivity contribution in [2.75, 3.05) is 32.8 Å². The zero-order valence-corrected chi connectivity index (χ0v) is 22.5. The summed E-state index contributed by atoms with van der Waals surface area (Å²) in [5, 5.41) is 46.7. The van der Waals surface area contributed by atoms with E-state index in [4.69, 9.17) is 29.9 Å². The number of hydrogen-bond donors (Lipinski definition) is 6. The highest BCUT2D eigenvalue weighted by Crippen LogP contribution is 2.33. The minimum absolute atomic E-state index is 0.0299. The SMILES string of the molecule is CCCCCCCC(=O)N[C@H](CN1CCCC1)[C@H](O)c1ccc2c(c1)OCCO2.O=C(O)[C@H](O)[C@@H](O)C(=O)O. The Hall–Kier alpha value is -2.93. The quantitative estimate of drug-likeness (QED) is 0.182. The number of carbonyl (C=O) groups is 3. The van der Waals surface area contributed by atoms with Crippen molar-refractivity contribution in [1.29, 1.82) is 0 Å². The molecule has 4 atom stereocenters. The summed E-state index contributed by atoms with van der Waals surface area (Å²) < 4.78 is 11.2. The van der Waals surface area contributed by atoms with Gasteiger partial charge in [0.2, 0.25) is 5.91 Å². The van der Waals surface area contributed by atoms with Crippen LogP contribution in [0, 0.1) is 0 Å². The first-order valence-corrected chi connectivity index (χ1v) is 13.5. The van der Waals surface area contributed by atoms with E-state index in [0.29, 0.717) is 37.7 Å². The number of aliphatic carboxylic acids is 2. The Morgan fingerprint density at radius 3 is 2.08 bits per heavy atom. The molecule has 220 valence electrons. The highest BCUT2D eigenvalue weighted by atomic mass is 16.6. The van der Waals surface area contributed by atoms with Gasteiger partial charge in [0.05, 0.1) is 6.04 Å². The zero-order valence-electron chi connectivity index (χ0n) is 22.5. The van der Waals surface area contributed by atoms with Crippen LogP contribution in [-0.4, -0.2) is 99.4 Å². The summed E-state index contributed by atoms with van der Waals surface area (Å²) >= 11 is 0. The van der Waals surface area contributed by atoms with Crippen molar-refractivity contribution >= 4 is 17.8 Å². The number of amides is 1. The van der Waals surface area contributed by atoms with Gasteiger partial charge in [-0.1, -0.05) is 38.7 Å². The fourth-order valence-corrected chi connectivity index (χ4v) is 4.38. The lowest BCUT2D eigenvalue weighted by Crippen LogP contribution is -2.46. The van der Waals surface area contributed by atoms with Crippen molar-refractivity contribution in [1.82, 2.24) is 10.2 Å². The van der Waals surface area contributed by atoms with Crippen molar-refractivity contribution in [2.45, 2.75) is 82.6 Å². The second-order valence-electron chi connectivity index (χ2n) is 9.76. The molecule has 1 fully saturated rings. The number of nitrogens with zero attached hydrogens (tertiary/aromatic N) is 1. The predicted molar refractivity (Wildman–Crippen MR) is 141 cm³/mol. The van der Waals surface area contributed by atoms with Gasteiger partial charge in [-0.15, -0.1) is 0 Å². The van der Waals surface area contributed by atoms with E-state index in [1.54, 1.807) is 0 Å². The first-order chi connectivity index (χ1) is 18.6. The van der Waals surface area contributed by atoms with Gasteiger partial charge in [0.25, 0.3) is 0 Å². The van der Waals surface area contributed by atoms with Crippen molar-refractivity contribution in [3.05, 3.63) is 23.8 Å². The highest BCUT2D eigenvalue weighted by Gasteiger charge is 2.29. The van der Waals surface area contributed by atoms with E-state index in [1.165, 1.54) is 32.1 Å². The second kappa shape index (κ2) is 16.9. The molecule has 0 spiro atoms. The van der Waals surface area contributed by atoms with Crippen LogP contribution in [-0.2, 0) is 14.4 Å². The molecule has 12 heteroatoms. The number of carbonyl (C=O) groups excluding carboxylic acids is 1. The zero-order chi connectivity index (χ0) is 28.8. The van der Waals surface area contributed by atoms with Crippen molar-refractivity contribution in [3.8, 4) is 11.5 Å². The molecule has 1 saturated heterocycles. The lowest BCUT2D eigenvalue weighted by molar-refractivity contribution is -0.165. The summed E-state index contributed by atoms with van der Waals surface area (Å²) in [5.74, 6) is -2.14. The van der Waals surface area contributed by atoms with E-state index in [1.807, 2.05) is 18.2 Å². The standard InChI is InChI=1S/C23H36N2O4.C4H6O6/c1-2-3-4-5-6-9-22(26)24-19(17-25-12-7-8-13-25)23(27)18-10-11-20-21(16-18)29-15-14-28-20;5-1(3(7)8)2(6)4(9)10/h10-11,16,19,23,27H,2-9,12-15,17H2,1H3,(H,24,26);1-2,5-6H,(H,7,8)(H,9,10)/t19-,23-;1-,2-/m11/s1. The Kier molecular flexibility index (Phi) is 14.0. The number of rotatable bonds is 14. The molecule has 0 aromatic heterocycles. The van der Waals surface area contributed by atoms with E-state index in [9.17, 15) is 19.5 Å². The van der Waals surface area contributed by atoms with Crippen LogP contribution in [0.5, 0.6) is 11.5 Å². The fourth-order valence-electron chi connectivity index (χ4n) is 4.38. The summed E-state index contributed by atoms with van der Waals surface area (Å²) in [6.45, 7) is 5.96. The molecule has 0 bridgehead atoms. The fraction of sp³-hybridized carbons (Fsp3) is 0.667. The maximum Gasteiger partial charge on any atom is 0.335 e. The number of fused-ring (bicyclic) bond motifs is 1. The van der Waals surface area contributed by atoms with Gasteiger partial charge >= 0.3 is 11.9 Å². The molecule has 0 aliphatic carbocycles. The number of benzene rings is 1. The largest absolute Gasteiger partial charge is 0.486 e. The molecule has 1 aromatic carbocycles. The molecule has 1 amide bonds. The van der Waals surface area contributed by atoms with E-state index in [0.717, 1.165) is 31.5 Å². The highest BCUT2D eigenvalue weighted by molar-refractivity contribution is 5.83. The van der Waals surface area contributed by atoms with Crippen molar-refractivity contribution < 1.29 is 49.4 Å². The van der Waals surface area contributed by atoms with Gasteiger partial charge in [-0.25, -0.2) is 9.59 Å². The van der Waals surface area contributed by atoms with Gasteiger partial charge in [-0.3, -0.25) is 4.79 Å². The van der Waals surface area contributed by atoms with Crippen LogP contribution >= 0.6 is 0 Å². The molecule has 2 aliphatic rings. The molecule has 1 aromatic rings. The number of carboxylic acid groups (broad SMARTS) is 2. The first kappa shape index (κ1) is 32.3. The van der Waals surface area contributed by atoms with Crippen LogP contribution in [0.15, 0.2) is 18.2 Å². The number of aliphatic hydroxyl groups is 3. The smallest absolute Gasteiger partial charge is 0.335 e. The Labute approximate surface area is 228 Å². The van der Waals surface area contributed by atoms with E-state index < -0.39 is 30.3 Å². The molecular formula is C27H42N2O10. The average molecular weight is 555 g/mol. The van der Waals surface area contributed by atoms with Gasteiger partial charge in [0, 0.05) is 13.0 Å². The Balaban J connectivity index is 0.000000455. The van der Waals surface area contributed by atoms with Gasteiger partial charge in [-0.2, -0.15) is 0 Å². The summed E-state index contributed by atoms with van der Waals surface area (Å²) in [5.41, 5.74) is 0.752. The van der Waals surface area contributed by atoms with Gasteiger partial charge in [0.1, 0.15) is 19.3 Å². The summed E-state index contributed by atoms with van der Waals surface area (Å²) in [6, 6.07) is 5.22. The topological polar surface area (TPSA) is 186 Å². The lowest BCUT2D eigenvalue weighted by atomic mass is 10.0.